The average Bonchev–Trinajstić information content (AvgIpc) is 2.50. The molecule has 1 atom stereocenters. The predicted octanol–water partition coefficient (Wildman–Crippen LogP) is 2.49. The Balaban J connectivity index is 2.20. The van der Waals surface area contributed by atoms with E-state index < -0.39 is 0 Å². The van der Waals surface area contributed by atoms with E-state index in [2.05, 4.69) is 12.2 Å². The molecule has 0 aromatic heterocycles. The second-order valence-electron chi connectivity index (χ2n) is 4.92. The smallest absolute Gasteiger partial charge is 0.160 e. The zero-order valence-electron chi connectivity index (χ0n) is 13.2. The lowest BCUT2D eigenvalue weighted by molar-refractivity contribution is 0.0687. The molecule has 1 unspecified atom stereocenters. The van der Waals surface area contributed by atoms with Gasteiger partial charge in [-0.15, -0.1) is 0 Å². The van der Waals surface area contributed by atoms with Crippen LogP contribution in [0.3, 0.4) is 0 Å². The van der Waals surface area contributed by atoms with Gasteiger partial charge in [-0.25, -0.2) is 0 Å². The van der Waals surface area contributed by atoms with Gasteiger partial charge in [0, 0.05) is 19.8 Å². The SMILES string of the molecule is COCCOCCCCNC(C)c1ccc(O)c(OC)c1. The first-order valence-corrected chi connectivity index (χ1v) is 7.36. The fraction of sp³-hybridized carbons (Fsp3) is 0.625. The van der Waals surface area contributed by atoms with Crippen LogP contribution in [0.2, 0.25) is 0 Å². The predicted molar refractivity (Wildman–Crippen MR) is 83.0 cm³/mol. The zero-order chi connectivity index (χ0) is 15.5. The second kappa shape index (κ2) is 10.4. The van der Waals surface area contributed by atoms with Gasteiger partial charge in [-0.1, -0.05) is 6.07 Å². The lowest BCUT2D eigenvalue weighted by Crippen LogP contribution is -2.20. The molecule has 0 bridgehead atoms. The van der Waals surface area contributed by atoms with Crippen LogP contribution in [0, 0.1) is 0 Å². The van der Waals surface area contributed by atoms with Crippen molar-refractivity contribution in [3.63, 3.8) is 0 Å². The highest BCUT2D eigenvalue weighted by molar-refractivity contribution is 5.42. The first kappa shape index (κ1) is 17.8. The molecule has 1 rings (SSSR count). The van der Waals surface area contributed by atoms with Crippen molar-refractivity contribution >= 4 is 0 Å². The van der Waals surface area contributed by atoms with Crippen molar-refractivity contribution in [3.05, 3.63) is 23.8 Å². The highest BCUT2D eigenvalue weighted by Crippen LogP contribution is 2.28. The Kier molecular flexibility index (Phi) is 8.82. The van der Waals surface area contributed by atoms with Crippen LogP contribution in [0.15, 0.2) is 18.2 Å². The van der Waals surface area contributed by atoms with Crippen LogP contribution in [0.4, 0.5) is 0 Å². The van der Waals surface area contributed by atoms with Crippen LogP contribution < -0.4 is 10.1 Å². The lowest BCUT2D eigenvalue weighted by atomic mass is 10.1. The first-order valence-electron chi connectivity index (χ1n) is 7.36. The number of hydrogen-bond acceptors (Lipinski definition) is 5. The Bertz CT molecular complexity index is 398. The molecule has 5 heteroatoms. The topological polar surface area (TPSA) is 60.0 Å². The summed E-state index contributed by atoms with van der Waals surface area (Å²) in [5.74, 6) is 0.675. The van der Waals surface area contributed by atoms with Gasteiger partial charge in [0.15, 0.2) is 11.5 Å². The maximum absolute atomic E-state index is 9.58. The van der Waals surface area contributed by atoms with Crippen LogP contribution >= 0.6 is 0 Å². The summed E-state index contributed by atoms with van der Waals surface area (Å²) in [6.45, 7) is 5.11. The molecule has 0 fully saturated rings. The van der Waals surface area contributed by atoms with Gasteiger partial charge in [0.2, 0.25) is 0 Å². The van der Waals surface area contributed by atoms with Crippen LogP contribution in [0.5, 0.6) is 11.5 Å². The lowest BCUT2D eigenvalue weighted by Gasteiger charge is -2.15. The van der Waals surface area contributed by atoms with E-state index in [1.54, 1.807) is 20.3 Å². The standard InChI is InChI=1S/C16H27NO4/c1-13(14-6-7-15(18)16(12-14)20-3)17-8-4-5-9-21-11-10-19-2/h6-7,12-13,17-18H,4-5,8-11H2,1-3H3. The third-order valence-corrected chi connectivity index (χ3v) is 3.30. The van der Waals surface area contributed by atoms with Gasteiger partial charge in [0.1, 0.15) is 0 Å². The van der Waals surface area contributed by atoms with E-state index in [1.807, 2.05) is 12.1 Å². The molecule has 0 aliphatic rings. The van der Waals surface area contributed by atoms with Gasteiger partial charge < -0.3 is 24.6 Å². The molecule has 0 saturated heterocycles. The number of unbranched alkanes of at least 4 members (excludes halogenated alkanes) is 1. The molecule has 0 spiro atoms. The summed E-state index contributed by atoms with van der Waals surface area (Å²) in [6, 6.07) is 5.65. The summed E-state index contributed by atoms with van der Waals surface area (Å²) < 4.78 is 15.4. The van der Waals surface area contributed by atoms with Crippen molar-refractivity contribution in [3.8, 4) is 11.5 Å². The molecular weight excluding hydrogens is 270 g/mol. The molecule has 21 heavy (non-hydrogen) atoms. The van der Waals surface area contributed by atoms with Gasteiger partial charge in [-0.3, -0.25) is 0 Å². The third kappa shape index (κ3) is 6.80. The van der Waals surface area contributed by atoms with Crippen molar-refractivity contribution < 1.29 is 19.3 Å². The van der Waals surface area contributed by atoms with Gasteiger partial charge in [0.25, 0.3) is 0 Å². The molecule has 0 radical (unpaired) electrons. The highest BCUT2D eigenvalue weighted by Gasteiger charge is 2.08. The van der Waals surface area contributed by atoms with Crippen molar-refractivity contribution in [1.82, 2.24) is 5.32 Å². The molecule has 0 saturated carbocycles. The van der Waals surface area contributed by atoms with Crippen molar-refractivity contribution in [2.24, 2.45) is 0 Å². The number of aromatic hydroxyl groups is 1. The minimum Gasteiger partial charge on any atom is -0.504 e. The van der Waals surface area contributed by atoms with Crippen molar-refractivity contribution in [2.45, 2.75) is 25.8 Å². The van der Waals surface area contributed by atoms with Crippen LogP contribution in [0.25, 0.3) is 0 Å². The molecule has 120 valence electrons. The van der Waals surface area contributed by atoms with Crippen molar-refractivity contribution in [1.29, 1.82) is 0 Å². The molecule has 1 aromatic carbocycles. The Hall–Kier alpha value is -1.30. The fourth-order valence-electron chi connectivity index (χ4n) is 1.97. The molecule has 0 amide bonds. The summed E-state index contributed by atoms with van der Waals surface area (Å²) in [5.41, 5.74) is 1.10. The Labute approximate surface area is 127 Å². The van der Waals surface area contributed by atoms with Gasteiger partial charge in [-0.05, 0) is 44.0 Å². The maximum Gasteiger partial charge on any atom is 0.160 e. The summed E-state index contributed by atoms with van der Waals surface area (Å²) in [5, 5.41) is 13.0. The minimum absolute atomic E-state index is 0.168. The Morgan fingerprint density at radius 2 is 1.95 bits per heavy atom. The summed E-state index contributed by atoms with van der Waals surface area (Å²) in [4.78, 5) is 0. The first-order chi connectivity index (χ1) is 10.2. The highest BCUT2D eigenvalue weighted by atomic mass is 16.5. The number of methoxy groups -OCH3 is 2. The minimum atomic E-state index is 0.168. The number of ether oxygens (including phenoxy) is 3. The van der Waals surface area contributed by atoms with E-state index in [9.17, 15) is 5.11 Å². The molecule has 0 aliphatic carbocycles. The van der Waals surface area contributed by atoms with Gasteiger partial charge in [0.05, 0.1) is 20.3 Å². The normalized spacial score (nSPS) is 12.3. The van der Waals surface area contributed by atoms with E-state index in [0.717, 1.165) is 31.6 Å². The summed E-state index contributed by atoms with van der Waals surface area (Å²) in [7, 11) is 3.23. The fourth-order valence-corrected chi connectivity index (χ4v) is 1.97. The Morgan fingerprint density at radius 1 is 1.14 bits per heavy atom. The molecule has 1 aromatic rings. The number of phenols is 1. The molecule has 0 heterocycles. The molecule has 5 nitrogen and oxygen atoms in total. The maximum atomic E-state index is 9.58. The average molecular weight is 297 g/mol. The third-order valence-electron chi connectivity index (χ3n) is 3.30. The number of hydrogen-bond donors (Lipinski definition) is 2. The van der Waals surface area contributed by atoms with E-state index in [0.29, 0.717) is 19.0 Å². The quantitative estimate of drug-likeness (QED) is 0.615. The second-order valence-corrected chi connectivity index (χ2v) is 4.92. The van der Waals surface area contributed by atoms with Crippen LogP contribution in [0.1, 0.15) is 31.4 Å². The summed E-state index contributed by atoms with van der Waals surface area (Å²) >= 11 is 0. The van der Waals surface area contributed by atoms with Crippen LogP contribution in [-0.4, -0.2) is 45.7 Å². The van der Waals surface area contributed by atoms with Crippen molar-refractivity contribution in [2.75, 3.05) is 40.6 Å². The molecule has 0 aliphatic heterocycles. The number of benzene rings is 1. The number of nitrogens with one attached hydrogen (secondary N) is 1. The summed E-state index contributed by atoms with van der Waals surface area (Å²) in [6.07, 6.45) is 2.09. The largest absolute Gasteiger partial charge is 0.504 e. The molecule has 2 N–H and O–H groups in total. The van der Waals surface area contributed by atoms with E-state index in [4.69, 9.17) is 14.2 Å². The van der Waals surface area contributed by atoms with E-state index in [1.165, 1.54) is 0 Å². The van der Waals surface area contributed by atoms with E-state index >= 15 is 0 Å². The monoisotopic (exact) mass is 297 g/mol. The van der Waals surface area contributed by atoms with Gasteiger partial charge >= 0.3 is 0 Å². The number of rotatable bonds is 11. The van der Waals surface area contributed by atoms with E-state index in [-0.39, 0.29) is 11.8 Å². The number of phenolic OH excluding ortho intramolecular Hbond substituents is 1. The van der Waals surface area contributed by atoms with Crippen LogP contribution in [-0.2, 0) is 9.47 Å². The van der Waals surface area contributed by atoms with Gasteiger partial charge in [-0.2, -0.15) is 0 Å². The zero-order valence-corrected chi connectivity index (χ0v) is 13.2. The molecular formula is C16H27NO4. The Morgan fingerprint density at radius 3 is 2.67 bits per heavy atom.